The first kappa shape index (κ1) is 37.4. The van der Waals surface area contributed by atoms with Crippen molar-refractivity contribution in [3.63, 3.8) is 0 Å². The van der Waals surface area contributed by atoms with Gasteiger partial charge in [0, 0.05) is 35.4 Å². The number of ether oxygens (including phenoxy) is 1. The fourth-order valence-electron chi connectivity index (χ4n) is 4.77. The first-order valence-electron chi connectivity index (χ1n) is 14.1. The fraction of sp³-hybridized carbons (Fsp3) is 0.364. The van der Waals surface area contributed by atoms with Gasteiger partial charge in [0.1, 0.15) is 23.2 Å². The second-order valence-electron chi connectivity index (χ2n) is 12.1. The molecule has 0 radical (unpaired) electrons. The Morgan fingerprint density at radius 2 is 1.65 bits per heavy atom. The van der Waals surface area contributed by atoms with Gasteiger partial charge in [0.15, 0.2) is 5.16 Å². The van der Waals surface area contributed by atoms with E-state index in [4.69, 9.17) is 16.3 Å². The number of halogens is 4. The predicted molar refractivity (Wildman–Crippen MR) is 179 cm³/mol. The molecular weight excluding hydrogens is 657 g/mol. The minimum atomic E-state index is -4.11. The van der Waals surface area contributed by atoms with Crippen molar-refractivity contribution in [2.24, 2.45) is 0 Å². The molecule has 250 valence electrons. The number of hydrogen-bond acceptors (Lipinski definition) is 5. The molecular formula is C33H41ClF3N4O3S2+. The maximum Gasteiger partial charge on any atom is 0.240 e. The lowest BCUT2D eigenvalue weighted by Gasteiger charge is -2.28. The molecule has 3 aromatic carbocycles. The van der Waals surface area contributed by atoms with Crippen LogP contribution in [0.3, 0.4) is 0 Å². The molecule has 0 saturated carbocycles. The van der Waals surface area contributed by atoms with Crippen molar-refractivity contribution >= 4 is 33.4 Å². The van der Waals surface area contributed by atoms with Crippen molar-refractivity contribution in [2.75, 3.05) is 41.3 Å². The monoisotopic (exact) mass is 697 g/mol. The highest BCUT2D eigenvalue weighted by molar-refractivity contribution is 7.98. The van der Waals surface area contributed by atoms with Crippen LogP contribution in [-0.4, -0.2) is 63.8 Å². The smallest absolute Gasteiger partial charge is 0.240 e. The van der Waals surface area contributed by atoms with E-state index < -0.39 is 37.8 Å². The van der Waals surface area contributed by atoms with Crippen LogP contribution in [0.4, 0.5) is 13.2 Å². The quantitative estimate of drug-likeness (QED) is 0.0886. The molecule has 0 aliphatic rings. The van der Waals surface area contributed by atoms with Gasteiger partial charge in [0.05, 0.1) is 56.6 Å². The Kier molecular flexibility index (Phi) is 12.1. The average Bonchev–Trinajstić information content (AvgIpc) is 3.39. The highest BCUT2D eigenvalue weighted by Gasteiger charge is 2.30. The molecule has 0 unspecified atom stereocenters. The van der Waals surface area contributed by atoms with Crippen LogP contribution < -0.4 is 9.46 Å². The molecule has 0 atom stereocenters. The molecule has 0 aliphatic heterocycles. The highest BCUT2D eigenvalue weighted by Crippen LogP contribution is 2.39. The molecule has 1 heterocycles. The van der Waals surface area contributed by atoms with Crippen LogP contribution in [-0.2, 0) is 21.2 Å². The topological polar surface area (TPSA) is 73.2 Å². The van der Waals surface area contributed by atoms with E-state index >= 15 is 8.78 Å². The summed E-state index contributed by atoms with van der Waals surface area (Å²) >= 11 is 7.50. The Morgan fingerprint density at radius 3 is 2.22 bits per heavy atom. The fourth-order valence-corrected chi connectivity index (χ4v) is 7.14. The molecule has 0 amide bonds. The summed E-state index contributed by atoms with van der Waals surface area (Å²) in [4.78, 5) is 4.10. The molecule has 0 saturated heterocycles. The van der Waals surface area contributed by atoms with E-state index in [0.29, 0.717) is 32.5 Å². The largest absolute Gasteiger partial charge is 0.495 e. The van der Waals surface area contributed by atoms with Crippen LogP contribution in [0, 0.1) is 17.5 Å². The maximum atomic E-state index is 15.2. The molecule has 0 aliphatic carbocycles. The lowest BCUT2D eigenvalue weighted by molar-refractivity contribution is -0.870. The van der Waals surface area contributed by atoms with Crippen molar-refractivity contribution in [3.8, 4) is 11.4 Å². The van der Waals surface area contributed by atoms with Crippen LogP contribution >= 0.6 is 23.4 Å². The average molecular weight is 698 g/mol. The van der Waals surface area contributed by atoms with E-state index in [1.807, 2.05) is 41.1 Å². The predicted octanol–water partition coefficient (Wildman–Crippen LogP) is 7.58. The minimum absolute atomic E-state index is 0. The van der Waals surface area contributed by atoms with Crippen molar-refractivity contribution in [1.29, 1.82) is 0 Å². The molecule has 46 heavy (non-hydrogen) atoms. The zero-order chi connectivity index (χ0) is 33.2. The third-order valence-electron chi connectivity index (χ3n) is 7.40. The molecule has 4 aromatic rings. The van der Waals surface area contributed by atoms with Gasteiger partial charge >= 0.3 is 0 Å². The molecule has 13 heteroatoms. The Labute approximate surface area is 279 Å². The standard InChI is InChI=1S/C32H37ClF3N4O3S2.CH4/c1-32(2,21-8-13-29(43-6)26(33)16-21)30-19-37-31(39(30)23-11-9-22(34)10-12-23)44-20-25-27(35)17-24(18-28(25)36)45(41,42)38-14-7-15-40(3,4)5;/h8-13,16-19,38H,7,14-15,20H2,1-6H3;1H4/q+1;. The summed E-state index contributed by atoms with van der Waals surface area (Å²) in [6.45, 7) is 4.82. The summed E-state index contributed by atoms with van der Waals surface area (Å²) in [5.74, 6) is -2.04. The molecule has 0 fully saturated rings. The molecule has 1 aromatic heterocycles. The van der Waals surface area contributed by atoms with E-state index in [-0.39, 0.29) is 25.3 Å². The van der Waals surface area contributed by atoms with E-state index in [1.165, 1.54) is 19.2 Å². The first-order valence-corrected chi connectivity index (χ1v) is 17.0. The van der Waals surface area contributed by atoms with Crippen LogP contribution in [0.1, 0.15) is 44.5 Å². The minimum Gasteiger partial charge on any atom is -0.495 e. The van der Waals surface area contributed by atoms with Crippen LogP contribution in [0.5, 0.6) is 5.75 Å². The van der Waals surface area contributed by atoms with E-state index in [0.717, 1.165) is 41.7 Å². The second kappa shape index (κ2) is 14.8. The Balaban J connectivity index is 0.00000576. The molecule has 0 spiro atoms. The Bertz CT molecular complexity index is 1750. The van der Waals surface area contributed by atoms with Gasteiger partial charge in [-0.2, -0.15) is 0 Å². The van der Waals surface area contributed by atoms with Crippen molar-refractivity contribution in [3.05, 3.63) is 100 Å². The van der Waals surface area contributed by atoms with Crippen LogP contribution in [0.25, 0.3) is 5.69 Å². The third kappa shape index (κ3) is 8.65. The summed E-state index contributed by atoms with van der Waals surface area (Å²) in [6, 6.07) is 12.9. The number of imidazole rings is 1. The third-order valence-corrected chi connectivity index (χ3v) is 10.1. The normalized spacial score (nSPS) is 12.2. The SMILES string of the molecule is C.COc1ccc(C(C)(C)c2cnc(SCc3c(F)cc(S(=O)(=O)NCCC[N+](C)(C)C)cc3F)n2-c2ccc(F)cc2)cc1Cl. The number of aromatic nitrogens is 2. The number of nitrogens with one attached hydrogen (secondary N) is 1. The number of nitrogens with zero attached hydrogens (tertiary/aromatic N) is 3. The van der Waals surface area contributed by atoms with Gasteiger partial charge < -0.3 is 9.22 Å². The van der Waals surface area contributed by atoms with E-state index in [1.54, 1.807) is 35.0 Å². The van der Waals surface area contributed by atoms with E-state index in [9.17, 15) is 12.8 Å². The Hall–Kier alpha value is -3.03. The lowest BCUT2D eigenvalue weighted by Crippen LogP contribution is -2.37. The van der Waals surface area contributed by atoms with Gasteiger partial charge in [-0.05, 0) is 54.1 Å². The van der Waals surface area contributed by atoms with E-state index in [2.05, 4.69) is 9.71 Å². The van der Waals surface area contributed by atoms with Crippen LogP contribution in [0.2, 0.25) is 5.02 Å². The maximum absolute atomic E-state index is 15.2. The number of sulfonamides is 1. The first-order chi connectivity index (χ1) is 21.0. The zero-order valence-electron chi connectivity index (χ0n) is 26.0. The van der Waals surface area contributed by atoms with Gasteiger partial charge in [-0.1, -0.05) is 50.7 Å². The molecule has 1 N–H and O–H groups in total. The molecule has 7 nitrogen and oxygen atoms in total. The Morgan fingerprint density at radius 1 is 1.02 bits per heavy atom. The number of methoxy groups -OCH3 is 1. The van der Waals surface area contributed by atoms with Gasteiger partial charge in [-0.25, -0.2) is 31.3 Å². The van der Waals surface area contributed by atoms with Gasteiger partial charge in [0.25, 0.3) is 0 Å². The summed E-state index contributed by atoms with van der Waals surface area (Å²) in [5.41, 5.74) is 1.21. The summed E-state index contributed by atoms with van der Waals surface area (Å²) < 4.78 is 80.0. The number of quaternary nitrogens is 1. The summed E-state index contributed by atoms with van der Waals surface area (Å²) in [5, 5.41) is 0.833. The lowest BCUT2D eigenvalue weighted by atomic mass is 9.81. The number of benzene rings is 3. The van der Waals surface area contributed by atoms with Crippen molar-refractivity contribution in [2.45, 2.75) is 48.9 Å². The van der Waals surface area contributed by atoms with Gasteiger partial charge in [-0.15, -0.1) is 0 Å². The number of thioether (sulfide) groups is 1. The molecule has 4 rings (SSSR count). The van der Waals surface area contributed by atoms with Gasteiger partial charge in [-0.3, -0.25) is 4.57 Å². The van der Waals surface area contributed by atoms with Crippen LogP contribution in [0.15, 0.2) is 70.8 Å². The number of hydrogen-bond donors (Lipinski definition) is 1. The zero-order valence-corrected chi connectivity index (χ0v) is 28.4. The van der Waals surface area contributed by atoms with Crippen molar-refractivity contribution < 1.29 is 30.8 Å². The number of rotatable bonds is 13. The van der Waals surface area contributed by atoms with Crippen molar-refractivity contribution in [1.82, 2.24) is 14.3 Å². The highest BCUT2D eigenvalue weighted by atomic mass is 35.5. The second-order valence-corrected chi connectivity index (χ2v) is 15.2. The van der Waals surface area contributed by atoms with Gasteiger partial charge in [0.2, 0.25) is 10.0 Å². The summed E-state index contributed by atoms with van der Waals surface area (Å²) in [6.07, 6.45) is 2.23. The molecule has 0 bridgehead atoms. The summed E-state index contributed by atoms with van der Waals surface area (Å²) in [7, 11) is 3.38.